The van der Waals surface area contributed by atoms with Crippen molar-refractivity contribution >= 4 is 18.3 Å². The third-order valence-electron chi connectivity index (χ3n) is 5.90. The Kier molecular flexibility index (Phi) is 5.39. The van der Waals surface area contributed by atoms with Crippen molar-refractivity contribution in [1.82, 2.24) is 15.4 Å². The molecule has 3 heterocycles. The van der Waals surface area contributed by atoms with Crippen LogP contribution in [0.1, 0.15) is 34.2 Å². The van der Waals surface area contributed by atoms with Gasteiger partial charge in [-0.3, -0.25) is 4.79 Å². The number of rotatable bonds is 3. The van der Waals surface area contributed by atoms with E-state index in [0.29, 0.717) is 18.3 Å². The lowest BCUT2D eigenvalue weighted by molar-refractivity contribution is -0.132. The van der Waals surface area contributed by atoms with E-state index in [9.17, 15) is 4.79 Å². The summed E-state index contributed by atoms with van der Waals surface area (Å²) in [7, 11) is 0. The van der Waals surface area contributed by atoms with Crippen molar-refractivity contribution in [3.05, 3.63) is 52.4 Å². The lowest BCUT2D eigenvalue weighted by Gasteiger charge is -2.29. The molecule has 2 aliphatic heterocycles. The van der Waals surface area contributed by atoms with Gasteiger partial charge in [-0.05, 0) is 37.8 Å². The van der Waals surface area contributed by atoms with Crippen LogP contribution in [0, 0.1) is 32.6 Å². The van der Waals surface area contributed by atoms with Gasteiger partial charge in [-0.25, -0.2) is 0 Å². The highest BCUT2D eigenvalue weighted by atomic mass is 35.5. The normalized spacial score (nSPS) is 24.4. The summed E-state index contributed by atoms with van der Waals surface area (Å²) in [6, 6.07) is 8.62. The molecule has 1 aromatic carbocycles. The molecule has 0 aliphatic carbocycles. The van der Waals surface area contributed by atoms with E-state index in [4.69, 9.17) is 4.52 Å². The highest BCUT2D eigenvalue weighted by Crippen LogP contribution is 2.43. The van der Waals surface area contributed by atoms with Gasteiger partial charge in [0.25, 0.3) is 0 Å². The number of likely N-dealkylation sites (tertiary alicyclic amines) is 1. The molecule has 0 spiro atoms. The van der Waals surface area contributed by atoms with Gasteiger partial charge < -0.3 is 14.7 Å². The van der Waals surface area contributed by atoms with Crippen molar-refractivity contribution in [2.75, 3.05) is 19.6 Å². The van der Waals surface area contributed by atoms with Gasteiger partial charge in [-0.2, -0.15) is 0 Å². The number of amides is 1. The number of benzene rings is 1. The number of nitrogens with zero attached hydrogens (tertiary/aromatic N) is 2. The monoisotopic (exact) mass is 375 g/mol. The molecule has 1 N–H and O–H groups in total. The first-order valence-corrected chi connectivity index (χ1v) is 9.03. The zero-order chi connectivity index (χ0) is 17.6. The largest absolute Gasteiger partial charge is 0.361 e. The zero-order valence-electron chi connectivity index (χ0n) is 15.5. The van der Waals surface area contributed by atoms with E-state index in [1.54, 1.807) is 0 Å². The summed E-state index contributed by atoms with van der Waals surface area (Å²) in [5.74, 6) is 1.96. The van der Waals surface area contributed by atoms with Crippen LogP contribution < -0.4 is 5.32 Å². The van der Waals surface area contributed by atoms with E-state index in [-0.39, 0.29) is 24.4 Å². The van der Waals surface area contributed by atoms with Crippen LogP contribution >= 0.6 is 12.4 Å². The third-order valence-corrected chi connectivity index (χ3v) is 5.90. The molecule has 0 saturated carbocycles. The molecule has 0 unspecified atom stereocenters. The van der Waals surface area contributed by atoms with Crippen LogP contribution in [0.2, 0.25) is 0 Å². The quantitative estimate of drug-likeness (QED) is 0.896. The number of halogens is 1. The number of nitrogens with one attached hydrogen (secondary N) is 1. The Bertz CT molecular complexity index is 785. The average molecular weight is 376 g/mol. The van der Waals surface area contributed by atoms with Crippen LogP contribution in [-0.4, -0.2) is 35.6 Å². The SMILES string of the molecule is Cc1ccccc1[C@@H]1[C@H]2CNC[C@H]2CN1C(=O)Cc1c(C)noc1C.Cl. The number of aromatic nitrogens is 1. The molecule has 140 valence electrons. The highest BCUT2D eigenvalue weighted by Gasteiger charge is 2.47. The maximum Gasteiger partial charge on any atom is 0.227 e. The van der Waals surface area contributed by atoms with Gasteiger partial charge in [0.05, 0.1) is 18.2 Å². The fraction of sp³-hybridized carbons (Fsp3) is 0.500. The Labute approximate surface area is 160 Å². The van der Waals surface area contributed by atoms with Crippen molar-refractivity contribution in [3.63, 3.8) is 0 Å². The minimum atomic E-state index is 0. The maximum absolute atomic E-state index is 13.2. The molecule has 3 atom stereocenters. The number of carbonyl (C=O) groups is 1. The van der Waals surface area contributed by atoms with Gasteiger partial charge in [0.2, 0.25) is 5.91 Å². The van der Waals surface area contributed by atoms with Crippen LogP contribution in [-0.2, 0) is 11.2 Å². The molecule has 2 saturated heterocycles. The summed E-state index contributed by atoms with van der Waals surface area (Å²) in [5, 5.41) is 7.49. The minimum absolute atomic E-state index is 0. The second kappa shape index (κ2) is 7.41. The zero-order valence-corrected chi connectivity index (χ0v) is 16.3. The Balaban J connectivity index is 0.00000196. The lowest BCUT2D eigenvalue weighted by Crippen LogP contribution is -2.36. The van der Waals surface area contributed by atoms with Crippen LogP contribution in [0.3, 0.4) is 0 Å². The molecule has 2 fully saturated rings. The Morgan fingerprint density at radius 2 is 2.04 bits per heavy atom. The molecule has 2 aromatic rings. The van der Waals surface area contributed by atoms with Crippen LogP contribution in [0.25, 0.3) is 0 Å². The highest BCUT2D eigenvalue weighted by molar-refractivity contribution is 5.85. The summed E-state index contributed by atoms with van der Waals surface area (Å²) in [6.45, 7) is 8.74. The van der Waals surface area contributed by atoms with Gasteiger partial charge in [0, 0.05) is 31.1 Å². The van der Waals surface area contributed by atoms with E-state index in [0.717, 1.165) is 36.7 Å². The summed E-state index contributed by atoms with van der Waals surface area (Å²) >= 11 is 0. The molecule has 1 aromatic heterocycles. The van der Waals surface area contributed by atoms with Crippen molar-refractivity contribution in [2.24, 2.45) is 11.8 Å². The molecule has 4 rings (SSSR count). The summed E-state index contributed by atoms with van der Waals surface area (Å²) in [4.78, 5) is 15.3. The van der Waals surface area contributed by atoms with E-state index >= 15 is 0 Å². The van der Waals surface area contributed by atoms with Crippen molar-refractivity contribution in [1.29, 1.82) is 0 Å². The first-order valence-electron chi connectivity index (χ1n) is 9.03. The first kappa shape index (κ1) is 18.9. The molecule has 26 heavy (non-hydrogen) atoms. The van der Waals surface area contributed by atoms with E-state index in [1.807, 2.05) is 13.8 Å². The number of carbonyl (C=O) groups excluding carboxylic acids is 1. The lowest BCUT2D eigenvalue weighted by atomic mass is 9.87. The van der Waals surface area contributed by atoms with Crippen LogP contribution in [0.4, 0.5) is 0 Å². The van der Waals surface area contributed by atoms with Gasteiger partial charge >= 0.3 is 0 Å². The van der Waals surface area contributed by atoms with Gasteiger partial charge in [-0.1, -0.05) is 29.4 Å². The predicted molar refractivity (Wildman–Crippen MR) is 102 cm³/mol. The molecule has 2 aliphatic rings. The smallest absolute Gasteiger partial charge is 0.227 e. The van der Waals surface area contributed by atoms with Crippen molar-refractivity contribution < 1.29 is 9.32 Å². The second-order valence-electron chi connectivity index (χ2n) is 7.41. The number of hydrogen-bond acceptors (Lipinski definition) is 4. The average Bonchev–Trinajstić information content (AvgIpc) is 3.26. The van der Waals surface area contributed by atoms with Crippen LogP contribution in [0.15, 0.2) is 28.8 Å². The van der Waals surface area contributed by atoms with Gasteiger partial charge in [-0.15, -0.1) is 12.4 Å². The van der Waals surface area contributed by atoms with Gasteiger partial charge in [0.15, 0.2) is 0 Å². The number of aryl methyl sites for hydroxylation is 3. The van der Waals surface area contributed by atoms with E-state index in [1.165, 1.54) is 11.1 Å². The predicted octanol–water partition coefficient (Wildman–Crippen LogP) is 2.98. The molecule has 1 amide bonds. The molecule has 0 bridgehead atoms. The molecule has 6 heteroatoms. The maximum atomic E-state index is 13.2. The minimum Gasteiger partial charge on any atom is -0.361 e. The van der Waals surface area contributed by atoms with Crippen LogP contribution in [0.5, 0.6) is 0 Å². The van der Waals surface area contributed by atoms with E-state index in [2.05, 4.69) is 46.6 Å². The van der Waals surface area contributed by atoms with Gasteiger partial charge in [0.1, 0.15) is 5.76 Å². The fourth-order valence-corrected chi connectivity index (χ4v) is 4.50. The number of fused-ring (bicyclic) bond motifs is 1. The third kappa shape index (κ3) is 3.14. The molecular weight excluding hydrogens is 350 g/mol. The Hall–Kier alpha value is -1.85. The first-order chi connectivity index (χ1) is 12.1. The molecular formula is C20H26ClN3O2. The Morgan fingerprint density at radius 1 is 1.27 bits per heavy atom. The van der Waals surface area contributed by atoms with Crippen molar-refractivity contribution in [2.45, 2.75) is 33.2 Å². The second-order valence-corrected chi connectivity index (χ2v) is 7.41. The molecule has 5 nitrogen and oxygen atoms in total. The Morgan fingerprint density at radius 3 is 2.73 bits per heavy atom. The summed E-state index contributed by atoms with van der Waals surface area (Å²) in [5.41, 5.74) is 4.30. The number of hydrogen-bond donors (Lipinski definition) is 1. The van der Waals surface area contributed by atoms with Crippen molar-refractivity contribution in [3.8, 4) is 0 Å². The standard InChI is InChI=1S/C20H25N3O2.ClH/c1-12-6-4-5-7-16(12)20-18-10-21-9-15(18)11-23(20)19(24)8-17-13(2)22-25-14(17)3;/h4-7,15,18,20-21H,8-11H2,1-3H3;1H/t15-,18-,20+;/m0./s1. The molecule has 0 radical (unpaired) electrons. The summed E-state index contributed by atoms with van der Waals surface area (Å²) < 4.78 is 5.23. The summed E-state index contributed by atoms with van der Waals surface area (Å²) in [6.07, 6.45) is 0.371. The fourth-order valence-electron chi connectivity index (χ4n) is 4.50. The van der Waals surface area contributed by atoms with E-state index < -0.39 is 0 Å². The topological polar surface area (TPSA) is 58.4 Å².